The molecule has 2 aromatic carbocycles. The molecule has 0 unspecified atom stereocenters. The summed E-state index contributed by atoms with van der Waals surface area (Å²) in [6, 6.07) is 11.7. The highest BCUT2D eigenvalue weighted by Gasteiger charge is 2.06. The topological polar surface area (TPSA) is 35.0 Å². The van der Waals surface area contributed by atoms with Gasteiger partial charge in [0, 0.05) is 6.07 Å². The molecule has 5 heteroatoms. The van der Waals surface area contributed by atoms with E-state index in [1.165, 1.54) is 18.3 Å². The lowest BCUT2D eigenvalue weighted by Gasteiger charge is -2.07. The van der Waals surface area contributed by atoms with Crippen LogP contribution in [0, 0.1) is 5.82 Å². The van der Waals surface area contributed by atoms with Crippen LogP contribution >= 0.6 is 15.9 Å². The van der Waals surface area contributed by atoms with Crippen LogP contribution in [0.15, 0.2) is 53.1 Å². The Morgan fingerprint density at radius 1 is 1.05 bits per heavy atom. The van der Waals surface area contributed by atoms with Gasteiger partial charge in [-0.25, -0.2) is 14.4 Å². The molecule has 0 aliphatic heterocycles. The van der Waals surface area contributed by atoms with Crippen LogP contribution in [0.1, 0.15) is 0 Å². The lowest BCUT2D eigenvalue weighted by molar-refractivity contribution is 0.455. The molecule has 19 heavy (non-hydrogen) atoms. The SMILES string of the molecule is Fc1ccc(Br)c(Oc2cnc3ccccc3n2)c1. The standard InChI is InChI=1S/C14H8BrFN2O/c15-10-6-5-9(16)7-13(10)19-14-8-17-11-3-1-2-4-12(11)18-14/h1-8H. The van der Waals surface area contributed by atoms with E-state index in [1.54, 1.807) is 6.07 Å². The Morgan fingerprint density at radius 2 is 1.84 bits per heavy atom. The molecule has 3 aromatic rings. The molecule has 0 saturated carbocycles. The first kappa shape index (κ1) is 12.0. The molecule has 0 radical (unpaired) electrons. The molecule has 0 aliphatic rings. The zero-order valence-corrected chi connectivity index (χ0v) is 11.3. The molecule has 3 nitrogen and oxygen atoms in total. The molecule has 0 atom stereocenters. The number of hydrogen-bond acceptors (Lipinski definition) is 3. The summed E-state index contributed by atoms with van der Waals surface area (Å²) in [5, 5.41) is 0. The van der Waals surface area contributed by atoms with Gasteiger partial charge >= 0.3 is 0 Å². The quantitative estimate of drug-likeness (QED) is 0.705. The van der Waals surface area contributed by atoms with E-state index in [4.69, 9.17) is 4.74 Å². The van der Waals surface area contributed by atoms with Crippen molar-refractivity contribution in [1.82, 2.24) is 9.97 Å². The van der Waals surface area contributed by atoms with Crippen LogP contribution < -0.4 is 4.74 Å². The summed E-state index contributed by atoms with van der Waals surface area (Å²) < 4.78 is 19.4. The second kappa shape index (κ2) is 4.93. The summed E-state index contributed by atoms with van der Waals surface area (Å²) in [5.41, 5.74) is 1.51. The minimum atomic E-state index is -0.369. The molecular weight excluding hydrogens is 311 g/mol. The summed E-state index contributed by atoms with van der Waals surface area (Å²) in [5.74, 6) is 0.321. The van der Waals surface area contributed by atoms with Crippen molar-refractivity contribution in [3.8, 4) is 11.6 Å². The first-order chi connectivity index (χ1) is 9.22. The number of ether oxygens (including phenoxy) is 1. The van der Waals surface area contributed by atoms with Gasteiger partial charge in [-0.05, 0) is 40.2 Å². The first-order valence-corrected chi connectivity index (χ1v) is 6.36. The van der Waals surface area contributed by atoms with Crippen LogP contribution in [0.25, 0.3) is 11.0 Å². The highest BCUT2D eigenvalue weighted by molar-refractivity contribution is 9.10. The van der Waals surface area contributed by atoms with E-state index in [2.05, 4.69) is 25.9 Å². The van der Waals surface area contributed by atoms with Crippen molar-refractivity contribution in [2.75, 3.05) is 0 Å². The number of aromatic nitrogens is 2. The maximum Gasteiger partial charge on any atom is 0.238 e. The van der Waals surface area contributed by atoms with E-state index in [9.17, 15) is 4.39 Å². The molecular formula is C14H8BrFN2O. The van der Waals surface area contributed by atoms with Crippen LogP contribution in [-0.2, 0) is 0 Å². The van der Waals surface area contributed by atoms with Crippen molar-refractivity contribution in [3.05, 3.63) is 59.0 Å². The summed E-state index contributed by atoms with van der Waals surface area (Å²) >= 11 is 3.30. The number of nitrogens with zero attached hydrogens (tertiary/aromatic N) is 2. The number of halogens is 2. The smallest absolute Gasteiger partial charge is 0.238 e. The van der Waals surface area contributed by atoms with Gasteiger partial charge in [-0.1, -0.05) is 12.1 Å². The summed E-state index contributed by atoms with van der Waals surface area (Å²) in [7, 11) is 0. The Labute approximate surface area is 117 Å². The van der Waals surface area contributed by atoms with Gasteiger partial charge in [0.15, 0.2) is 0 Å². The second-order valence-electron chi connectivity index (χ2n) is 3.87. The average molecular weight is 319 g/mol. The molecule has 0 amide bonds. The fourth-order valence-corrected chi connectivity index (χ4v) is 1.99. The molecule has 94 valence electrons. The molecule has 0 N–H and O–H groups in total. The van der Waals surface area contributed by atoms with Gasteiger partial charge in [-0.3, -0.25) is 0 Å². The molecule has 3 rings (SSSR count). The first-order valence-electron chi connectivity index (χ1n) is 5.57. The highest BCUT2D eigenvalue weighted by Crippen LogP contribution is 2.29. The number of para-hydroxylation sites is 2. The summed E-state index contributed by atoms with van der Waals surface area (Å²) in [4.78, 5) is 8.55. The van der Waals surface area contributed by atoms with Crippen LogP contribution in [0.2, 0.25) is 0 Å². The number of fused-ring (bicyclic) bond motifs is 1. The molecule has 0 bridgehead atoms. The van der Waals surface area contributed by atoms with Gasteiger partial charge in [-0.15, -0.1) is 0 Å². The van der Waals surface area contributed by atoms with Crippen molar-refractivity contribution in [1.29, 1.82) is 0 Å². The van der Waals surface area contributed by atoms with Gasteiger partial charge < -0.3 is 4.74 Å². The third kappa shape index (κ3) is 2.56. The molecule has 1 heterocycles. The lowest BCUT2D eigenvalue weighted by Crippen LogP contribution is -1.92. The van der Waals surface area contributed by atoms with Crippen molar-refractivity contribution in [2.24, 2.45) is 0 Å². The molecule has 0 saturated heterocycles. The van der Waals surface area contributed by atoms with E-state index in [0.29, 0.717) is 16.1 Å². The Bertz CT molecular complexity index is 748. The Kier molecular flexibility index (Phi) is 3.13. The van der Waals surface area contributed by atoms with Gasteiger partial charge in [0.25, 0.3) is 0 Å². The van der Waals surface area contributed by atoms with Crippen LogP contribution in [0.3, 0.4) is 0 Å². The van der Waals surface area contributed by atoms with E-state index < -0.39 is 0 Å². The van der Waals surface area contributed by atoms with Gasteiger partial charge in [0.05, 0.1) is 21.7 Å². The minimum absolute atomic E-state index is 0.324. The predicted octanol–water partition coefficient (Wildman–Crippen LogP) is 4.32. The zero-order chi connectivity index (χ0) is 13.2. The van der Waals surface area contributed by atoms with Crippen LogP contribution in [-0.4, -0.2) is 9.97 Å². The zero-order valence-electron chi connectivity index (χ0n) is 9.68. The van der Waals surface area contributed by atoms with E-state index in [1.807, 2.05) is 24.3 Å². The predicted molar refractivity (Wildman–Crippen MR) is 73.7 cm³/mol. The van der Waals surface area contributed by atoms with Crippen molar-refractivity contribution < 1.29 is 9.13 Å². The molecule has 0 fully saturated rings. The molecule has 0 spiro atoms. The monoisotopic (exact) mass is 318 g/mol. The number of rotatable bonds is 2. The van der Waals surface area contributed by atoms with E-state index in [0.717, 1.165) is 11.0 Å². The van der Waals surface area contributed by atoms with E-state index in [-0.39, 0.29) is 5.82 Å². The van der Waals surface area contributed by atoms with Crippen LogP contribution in [0.5, 0.6) is 11.6 Å². The Hall–Kier alpha value is -2.01. The van der Waals surface area contributed by atoms with Crippen molar-refractivity contribution >= 4 is 27.0 Å². The Balaban J connectivity index is 1.98. The van der Waals surface area contributed by atoms with Crippen molar-refractivity contribution in [3.63, 3.8) is 0 Å². The average Bonchev–Trinajstić information content (AvgIpc) is 2.43. The summed E-state index contributed by atoms with van der Waals surface area (Å²) in [6.45, 7) is 0. The van der Waals surface area contributed by atoms with Crippen LogP contribution in [0.4, 0.5) is 4.39 Å². The van der Waals surface area contributed by atoms with Crippen molar-refractivity contribution in [2.45, 2.75) is 0 Å². The fourth-order valence-electron chi connectivity index (χ4n) is 1.66. The number of benzene rings is 2. The molecule has 0 aliphatic carbocycles. The maximum atomic E-state index is 13.2. The van der Waals surface area contributed by atoms with E-state index >= 15 is 0 Å². The minimum Gasteiger partial charge on any atom is -0.436 e. The number of hydrogen-bond donors (Lipinski definition) is 0. The van der Waals surface area contributed by atoms with Gasteiger partial charge in [0.2, 0.25) is 5.88 Å². The lowest BCUT2D eigenvalue weighted by atomic mass is 10.3. The third-order valence-corrected chi connectivity index (χ3v) is 3.19. The fraction of sp³-hybridized carbons (Fsp3) is 0. The van der Waals surface area contributed by atoms with Gasteiger partial charge in [0.1, 0.15) is 11.6 Å². The highest BCUT2D eigenvalue weighted by atomic mass is 79.9. The second-order valence-corrected chi connectivity index (χ2v) is 4.73. The Morgan fingerprint density at radius 3 is 2.68 bits per heavy atom. The normalized spacial score (nSPS) is 10.6. The third-order valence-electron chi connectivity index (χ3n) is 2.53. The largest absolute Gasteiger partial charge is 0.436 e. The van der Waals surface area contributed by atoms with Gasteiger partial charge in [-0.2, -0.15) is 0 Å². The molecule has 1 aromatic heterocycles. The maximum absolute atomic E-state index is 13.2. The summed E-state index contributed by atoms with van der Waals surface area (Å²) in [6.07, 6.45) is 1.51.